The van der Waals surface area contributed by atoms with Gasteiger partial charge in [0.05, 0.1) is 20.1 Å². The van der Waals surface area contributed by atoms with Crippen molar-refractivity contribution in [3.05, 3.63) is 28.7 Å². The van der Waals surface area contributed by atoms with Crippen LogP contribution >= 0.6 is 0 Å². The molecule has 1 saturated heterocycles. The predicted molar refractivity (Wildman–Crippen MR) is 74.4 cm³/mol. The normalized spacial score (nSPS) is 17.7. The number of benzene rings is 1. The molecule has 0 radical (unpaired) electrons. The van der Waals surface area contributed by atoms with Crippen molar-refractivity contribution in [2.24, 2.45) is 5.18 Å². The Hall–Kier alpha value is -2.44. The molecule has 1 amide bonds. The lowest BCUT2D eigenvalue weighted by molar-refractivity contribution is -0.145. The van der Waals surface area contributed by atoms with Crippen molar-refractivity contribution in [2.45, 2.75) is 12.3 Å². The van der Waals surface area contributed by atoms with Crippen molar-refractivity contribution in [3.8, 4) is 5.75 Å². The quantitative estimate of drug-likeness (QED) is 0.607. The zero-order valence-electron chi connectivity index (χ0n) is 11.9. The van der Waals surface area contributed by atoms with Gasteiger partial charge in [-0.2, -0.15) is 0 Å². The number of carbonyl (C=O) groups is 2. The van der Waals surface area contributed by atoms with Gasteiger partial charge in [0.2, 0.25) is 5.91 Å². The molecule has 1 aliphatic heterocycles. The number of carbonyl (C=O) groups excluding carboxylic acids is 2. The molecule has 1 fully saturated rings. The van der Waals surface area contributed by atoms with Gasteiger partial charge in [0.25, 0.3) is 0 Å². The van der Waals surface area contributed by atoms with Crippen LogP contribution in [0.5, 0.6) is 5.75 Å². The second-order valence-corrected chi connectivity index (χ2v) is 4.70. The minimum atomic E-state index is -0.443. The summed E-state index contributed by atoms with van der Waals surface area (Å²) in [5, 5.41) is 2.86. The number of hydrogen-bond donors (Lipinski definition) is 0. The first-order chi connectivity index (χ1) is 10.1. The molecule has 0 bridgehead atoms. The van der Waals surface area contributed by atoms with Crippen LogP contribution in [0.3, 0.4) is 0 Å². The third-order valence-electron chi connectivity index (χ3n) is 3.55. The molecular formula is C14H16N2O5. The minimum Gasteiger partial charge on any atom is -0.494 e. The first kappa shape index (κ1) is 15.0. The fourth-order valence-electron chi connectivity index (χ4n) is 2.41. The number of amides is 1. The highest BCUT2D eigenvalue weighted by atomic mass is 16.5. The molecule has 7 nitrogen and oxygen atoms in total. The molecule has 1 aromatic rings. The van der Waals surface area contributed by atoms with Crippen LogP contribution in [0.2, 0.25) is 0 Å². The number of rotatable bonds is 5. The number of methoxy groups -OCH3 is 2. The first-order valence-electron chi connectivity index (χ1n) is 6.47. The molecule has 1 unspecified atom stereocenters. The van der Waals surface area contributed by atoms with E-state index in [4.69, 9.17) is 4.74 Å². The maximum atomic E-state index is 12.3. The Morgan fingerprint density at radius 2 is 2.19 bits per heavy atom. The van der Waals surface area contributed by atoms with E-state index in [0.717, 1.165) is 5.56 Å². The average molecular weight is 292 g/mol. The molecule has 0 aromatic heterocycles. The maximum Gasteiger partial charge on any atom is 0.325 e. The summed E-state index contributed by atoms with van der Waals surface area (Å²) in [5.74, 6) is -0.581. The van der Waals surface area contributed by atoms with Crippen LogP contribution in [0.25, 0.3) is 0 Å². The van der Waals surface area contributed by atoms with Gasteiger partial charge in [0.15, 0.2) is 0 Å². The summed E-state index contributed by atoms with van der Waals surface area (Å²) in [5.41, 5.74) is 0.940. The molecule has 0 aliphatic carbocycles. The fraction of sp³-hybridized carbons (Fsp3) is 0.429. The molecule has 112 valence electrons. The van der Waals surface area contributed by atoms with Crippen molar-refractivity contribution >= 4 is 17.6 Å². The largest absolute Gasteiger partial charge is 0.494 e. The van der Waals surface area contributed by atoms with E-state index in [9.17, 15) is 14.5 Å². The number of esters is 1. The highest BCUT2D eigenvalue weighted by Gasteiger charge is 2.34. The van der Waals surface area contributed by atoms with Crippen LogP contribution in [-0.4, -0.2) is 44.1 Å². The second-order valence-electron chi connectivity index (χ2n) is 4.70. The number of likely N-dealkylation sites (tertiary alicyclic amines) is 1. The van der Waals surface area contributed by atoms with Crippen LogP contribution in [-0.2, 0) is 14.3 Å². The van der Waals surface area contributed by atoms with Crippen molar-refractivity contribution in [3.63, 3.8) is 0 Å². The van der Waals surface area contributed by atoms with Gasteiger partial charge < -0.3 is 14.4 Å². The van der Waals surface area contributed by atoms with E-state index < -0.39 is 5.97 Å². The highest BCUT2D eigenvalue weighted by molar-refractivity contribution is 5.89. The average Bonchev–Trinajstić information content (AvgIpc) is 2.87. The summed E-state index contributed by atoms with van der Waals surface area (Å²) in [7, 11) is 2.73. The van der Waals surface area contributed by atoms with E-state index >= 15 is 0 Å². The fourth-order valence-corrected chi connectivity index (χ4v) is 2.41. The molecule has 7 heteroatoms. The molecule has 21 heavy (non-hydrogen) atoms. The SMILES string of the molecule is COC(=O)CN1CCC(c2ccc(N=O)c(OC)c2)C1=O. The third-order valence-corrected chi connectivity index (χ3v) is 3.55. The highest BCUT2D eigenvalue weighted by Crippen LogP contribution is 2.35. The molecule has 1 aliphatic rings. The molecule has 0 saturated carbocycles. The van der Waals surface area contributed by atoms with E-state index in [0.29, 0.717) is 18.7 Å². The third kappa shape index (κ3) is 3.01. The monoisotopic (exact) mass is 292 g/mol. The minimum absolute atomic E-state index is 0.0447. The summed E-state index contributed by atoms with van der Waals surface area (Å²) in [6.07, 6.45) is 0.604. The smallest absolute Gasteiger partial charge is 0.325 e. The lowest BCUT2D eigenvalue weighted by atomic mass is 9.97. The van der Waals surface area contributed by atoms with Crippen LogP contribution in [0.15, 0.2) is 23.4 Å². The standard InChI is InChI=1S/C14H16N2O5/c1-20-12-7-9(3-4-11(12)15-19)10-5-6-16(14(10)18)8-13(17)21-2/h3-4,7,10H,5-6,8H2,1-2H3. The van der Waals surface area contributed by atoms with Gasteiger partial charge in [-0.25, -0.2) is 0 Å². The van der Waals surface area contributed by atoms with Crippen molar-refractivity contribution in [2.75, 3.05) is 27.3 Å². The van der Waals surface area contributed by atoms with Crippen LogP contribution in [0.1, 0.15) is 17.9 Å². The summed E-state index contributed by atoms with van der Waals surface area (Å²) >= 11 is 0. The van der Waals surface area contributed by atoms with Crippen molar-refractivity contribution < 1.29 is 19.1 Å². The summed E-state index contributed by atoms with van der Waals surface area (Å²) < 4.78 is 9.66. The molecule has 0 spiro atoms. The number of nitroso groups, excluding NO2 is 1. The Morgan fingerprint density at radius 1 is 1.43 bits per heavy atom. The zero-order valence-corrected chi connectivity index (χ0v) is 11.9. The second kappa shape index (κ2) is 6.34. The number of hydrogen-bond acceptors (Lipinski definition) is 6. The molecule has 0 N–H and O–H groups in total. The van der Waals surface area contributed by atoms with E-state index in [2.05, 4.69) is 9.91 Å². The van der Waals surface area contributed by atoms with Crippen molar-refractivity contribution in [1.82, 2.24) is 4.90 Å². The molecular weight excluding hydrogens is 276 g/mol. The Bertz CT molecular complexity index is 572. The first-order valence-corrected chi connectivity index (χ1v) is 6.47. The molecule has 1 atom stereocenters. The Balaban J connectivity index is 2.18. The van der Waals surface area contributed by atoms with Gasteiger partial charge in [-0.05, 0) is 29.3 Å². The lowest BCUT2D eigenvalue weighted by Gasteiger charge is -2.15. The Morgan fingerprint density at radius 3 is 2.81 bits per heavy atom. The van der Waals surface area contributed by atoms with Crippen LogP contribution < -0.4 is 4.74 Å². The topological polar surface area (TPSA) is 85.3 Å². The predicted octanol–water partition coefficient (Wildman–Crippen LogP) is 1.58. The van der Waals surface area contributed by atoms with E-state index in [1.54, 1.807) is 12.1 Å². The van der Waals surface area contributed by atoms with E-state index in [1.165, 1.54) is 25.2 Å². The van der Waals surface area contributed by atoms with Gasteiger partial charge in [-0.1, -0.05) is 6.07 Å². The van der Waals surface area contributed by atoms with Gasteiger partial charge in [0.1, 0.15) is 18.0 Å². The lowest BCUT2D eigenvalue weighted by Crippen LogP contribution is -2.32. The molecule has 2 rings (SSSR count). The van der Waals surface area contributed by atoms with Crippen LogP contribution in [0.4, 0.5) is 5.69 Å². The summed E-state index contributed by atoms with van der Waals surface area (Å²) in [6.45, 7) is 0.450. The van der Waals surface area contributed by atoms with Gasteiger partial charge >= 0.3 is 5.97 Å². The van der Waals surface area contributed by atoms with Gasteiger partial charge in [0, 0.05) is 6.54 Å². The summed E-state index contributed by atoms with van der Waals surface area (Å²) in [4.78, 5) is 35.7. The Labute approximate surface area is 121 Å². The molecule has 1 aromatic carbocycles. The summed E-state index contributed by atoms with van der Waals surface area (Å²) in [6, 6.07) is 4.85. The van der Waals surface area contributed by atoms with E-state index in [1.807, 2.05) is 0 Å². The van der Waals surface area contributed by atoms with Gasteiger partial charge in [-0.3, -0.25) is 9.59 Å². The van der Waals surface area contributed by atoms with Gasteiger partial charge in [-0.15, -0.1) is 4.91 Å². The molecule has 1 heterocycles. The van der Waals surface area contributed by atoms with Crippen molar-refractivity contribution in [1.29, 1.82) is 0 Å². The van der Waals surface area contributed by atoms with Crippen LogP contribution in [0, 0.1) is 4.91 Å². The number of nitrogens with zero attached hydrogens (tertiary/aromatic N) is 2. The van der Waals surface area contributed by atoms with E-state index in [-0.39, 0.29) is 24.1 Å². The maximum absolute atomic E-state index is 12.3. The number of ether oxygens (including phenoxy) is 2. The zero-order chi connectivity index (χ0) is 15.4. The Kier molecular flexibility index (Phi) is 4.52.